The number of amides is 1. The van der Waals surface area contributed by atoms with Crippen LogP contribution in [0.1, 0.15) is 18.1 Å². The van der Waals surface area contributed by atoms with Crippen molar-refractivity contribution in [3.63, 3.8) is 0 Å². The maximum Gasteiger partial charge on any atom is 0.248 e. The third kappa shape index (κ3) is 3.92. The topological polar surface area (TPSA) is 64.4 Å². The van der Waals surface area contributed by atoms with E-state index in [1.807, 2.05) is 68.4 Å². The second kappa shape index (κ2) is 8.87. The Morgan fingerprint density at radius 3 is 2.68 bits per heavy atom. The van der Waals surface area contributed by atoms with E-state index in [9.17, 15) is 4.79 Å². The maximum atomic E-state index is 12.9. The summed E-state index contributed by atoms with van der Waals surface area (Å²) >= 11 is 0. The van der Waals surface area contributed by atoms with E-state index in [-0.39, 0.29) is 5.91 Å². The molecule has 0 fully saturated rings. The summed E-state index contributed by atoms with van der Waals surface area (Å²) in [6, 6.07) is 21.6. The van der Waals surface area contributed by atoms with Crippen molar-refractivity contribution in [2.75, 3.05) is 12.4 Å². The third-order valence-corrected chi connectivity index (χ3v) is 5.98. The molecule has 1 N–H and O–H groups in total. The molecule has 5 nitrogen and oxygen atoms in total. The SMILES string of the molecule is COc1c(/C(C)=C/C(=O)Nc2ccc3ncccc3c2)cc2c(-c3ccccc3)coc2c1C. The number of aryl methyl sites for hydroxylation is 1. The number of nitrogens with zero attached hydrogens (tertiary/aromatic N) is 1. The Bertz CT molecular complexity index is 1550. The minimum atomic E-state index is -0.212. The van der Waals surface area contributed by atoms with Gasteiger partial charge in [0.1, 0.15) is 11.3 Å². The van der Waals surface area contributed by atoms with Gasteiger partial charge in [-0.05, 0) is 55.3 Å². The van der Waals surface area contributed by atoms with Crippen LogP contribution in [0.5, 0.6) is 5.75 Å². The van der Waals surface area contributed by atoms with Crippen molar-refractivity contribution in [1.29, 1.82) is 0 Å². The first-order valence-electron chi connectivity index (χ1n) is 11.0. The van der Waals surface area contributed by atoms with Gasteiger partial charge in [-0.2, -0.15) is 0 Å². The molecular weight excluding hydrogens is 424 g/mol. The number of fused-ring (bicyclic) bond motifs is 2. The van der Waals surface area contributed by atoms with Crippen LogP contribution in [0.3, 0.4) is 0 Å². The number of rotatable bonds is 5. The molecule has 3 aromatic carbocycles. The molecule has 0 aliphatic rings. The highest BCUT2D eigenvalue weighted by Gasteiger charge is 2.18. The molecule has 1 amide bonds. The number of methoxy groups -OCH3 is 1. The summed E-state index contributed by atoms with van der Waals surface area (Å²) < 4.78 is 11.7. The Labute approximate surface area is 197 Å². The van der Waals surface area contributed by atoms with Crippen LogP contribution in [0.25, 0.3) is 38.6 Å². The summed E-state index contributed by atoms with van der Waals surface area (Å²) in [5.74, 6) is 0.482. The zero-order chi connectivity index (χ0) is 23.7. The van der Waals surface area contributed by atoms with Crippen molar-refractivity contribution in [2.45, 2.75) is 13.8 Å². The molecule has 0 saturated carbocycles. The van der Waals surface area contributed by atoms with Crippen LogP contribution in [-0.2, 0) is 4.79 Å². The van der Waals surface area contributed by atoms with Crippen LogP contribution in [-0.4, -0.2) is 18.0 Å². The number of furan rings is 1. The Balaban J connectivity index is 1.51. The molecule has 0 atom stereocenters. The van der Waals surface area contributed by atoms with Gasteiger partial charge in [-0.1, -0.05) is 36.4 Å². The number of allylic oxidation sites excluding steroid dienone is 1. The number of pyridine rings is 1. The highest BCUT2D eigenvalue weighted by Crippen LogP contribution is 2.40. The van der Waals surface area contributed by atoms with Gasteiger partial charge in [-0.15, -0.1) is 0 Å². The van der Waals surface area contributed by atoms with Gasteiger partial charge in [-0.3, -0.25) is 9.78 Å². The monoisotopic (exact) mass is 448 g/mol. The number of anilines is 1. The molecule has 5 aromatic rings. The average molecular weight is 449 g/mol. The molecule has 0 spiro atoms. The molecule has 5 rings (SSSR count). The predicted molar refractivity (Wildman–Crippen MR) is 137 cm³/mol. The summed E-state index contributed by atoms with van der Waals surface area (Å²) in [6.07, 6.45) is 5.12. The van der Waals surface area contributed by atoms with Crippen molar-refractivity contribution in [2.24, 2.45) is 0 Å². The molecule has 0 unspecified atom stereocenters. The van der Waals surface area contributed by atoms with Gasteiger partial charge in [0.05, 0.1) is 18.9 Å². The second-order valence-electron chi connectivity index (χ2n) is 8.20. The summed E-state index contributed by atoms with van der Waals surface area (Å²) in [5.41, 5.74) is 7.00. The molecule has 0 saturated heterocycles. The van der Waals surface area contributed by atoms with E-state index in [0.29, 0.717) is 11.4 Å². The van der Waals surface area contributed by atoms with Gasteiger partial charge < -0.3 is 14.5 Å². The zero-order valence-electron chi connectivity index (χ0n) is 19.3. The van der Waals surface area contributed by atoms with Crippen LogP contribution in [0, 0.1) is 6.92 Å². The number of hydrogen-bond acceptors (Lipinski definition) is 4. The highest BCUT2D eigenvalue weighted by atomic mass is 16.5. The fourth-order valence-corrected chi connectivity index (χ4v) is 4.32. The van der Waals surface area contributed by atoms with Crippen molar-refractivity contribution in [1.82, 2.24) is 4.98 Å². The van der Waals surface area contributed by atoms with Gasteiger partial charge >= 0.3 is 0 Å². The van der Waals surface area contributed by atoms with Crippen LogP contribution in [0.4, 0.5) is 5.69 Å². The fourth-order valence-electron chi connectivity index (χ4n) is 4.32. The van der Waals surface area contributed by atoms with Crippen molar-refractivity contribution < 1.29 is 13.9 Å². The lowest BCUT2D eigenvalue weighted by atomic mass is 9.96. The molecular formula is C29H24N2O3. The quantitative estimate of drug-likeness (QED) is 0.294. The van der Waals surface area contributed by atoms with E-state index < -0.39 is 0 Å². The fraction of sp³-hybridized carbons (Fsp3) is 0.103. The molecule has 0 radical (unpaired) electrons. The van der Waals surface area contributed by atoms with E-state index in [4.69, 9.17) is 9.15 Å². The summed E-state index contributed by atoms with van der Waals surface area (Å²) in [4.78, 5) is 17.2. The van der Waals surface area contributed by atoms with Gasteiger partial charge in [0.2, 0.25) is 5.91 Å². The molecule has 2 heterocycles. The Hall–Kier alpha value is -4.38. The van der Waals surface area contributed by atoms with E-state index in [0.717, 1.165) is 49.7 Å². The lowest BCUT2D eigenvalue weighted by Crippen LogP contribution is -2.08. The first-order valence-corrected chi connectivity index (χ1v) is 11.0. The first kappa shape index (κ1) is 21.5. The van der Waals surface area contributed by atoms with Crippen molar-refractivity contribution in [3.8, 4) is 16.9 Å². The standard InChI is InChI=1S/C29H24N2O3/c1-18(14-27(32)31-22-11-12-26-21(15-22)10-7-13-30-26)23-16-24-25(20-8-5-4-6-9-20)17-34-29(24)19(2)28(23)33-3/h4-17H,1-3H3,(H,31,32)/b18-14+. The van der Waals surface area contributed by atoms with Crippen molar-refractivity contribution in [3.05, 3.63) is 96.4 Å². The van der Waals surface area contributed by atoms with Crippen molar-refractivity contribution >= 4 is 39.0 Å². The molecule has 0 bridgehead atoms. The third-order valence-electron chi connectivity index (χ3n) is 5.98. The molecule has 5 heteroatoms. The number of ether oxygens (including phenoxy) is 1. The molecule has 0 aliphatic heterocycles. The van der Waals surface area contributed by atoms with Crippen LogP contribution in [0.15, 0.2) is 89.7 Å². The number of carbonyl (C=O) groups is 1. The van der Waals surface area contributed by atoms with Gasteiger partial charge in [0.15, 0.2) is 0 Å². The number of nitrogens with one attached hydrogen (secondary N) is 1. The second-order valence-corrected chi connectivity index (χ2v) is 8.20. The van der Waals surface area contributed by atoms with Gasteiger partial charge in [0.25, 0.3) is 0 Å². The van der Waals surface area contributed by atoms with Gasteiger partial charge in [-0.25, -0.2) is 0 Å². The minimum absolute atomic E-state index is 0.212. The molecule has 34 heavy (non-hydrogen) atoms. The average Bonchev–Trinajstić information content (AvgIpc) is 3.29. The van der Waals surface area contributed by atoms with Gasteiger partial charge in [0, 0.05) is 45.4 Å². The van der Waals surface area contributed by atoms with E-state index in [1.165, 1.54) is 0 Å². The number of hydrogen-bond donors (Lipinski definition) is 1. The lowest BCUT2D eigenvalue weighted by Gasteiger charge is -2.13. The molecule has 168 valence electrons. The Kier molecular flexibility index (Phi) is 5.60. The largest absolute Gasteiger partial charge is 0.496 e. The Morgan fingerprint density at radius 2 is 1.88 bits per heavy atom. The maximum absolute atomic E-state index is 12.9. The smallest absolute Gasteiger partial charge is 0.248 e. The van der Waals surface area contributed by atoms with E-state index in [2.05, 4.69) is 22.4 Å². The lowest BCUT2D eigenvalue weighted by molar-refractivity contribution is -0.111. The number of benzene rings is 3. The molecule has 2 aromatic heterocycles. The number of carbonyl (C=O) groups excluding carboxylic acids is 1. The van der Waals surface area contributed by atoms with E-state index >= 15 is 0 Å². The highest BCUT2D eigenvalue weighted by molar-refractivity contribution is 6.06. The van der Waals surface area contributed by atoms with Crippen LogP contribution in [0.2, 0.25) is 0 Å². The predicted octanol–water partition coefficient (Wildman–Crippen LogP) is 7.01. The van der Waals surface area contributed by atoms with Crippen LogP contribution >= 0.6 is 0 Å². The molecule has 0 aliphatic carbocycles. The van der Waals surface area contributed by atoms with E-state index in [1.54, 1.807) is 25.6 Å². The first-order chi connectivity index (χ1) is 16.5. The number of aromatic nitrogens is 1. The summed E-state index contributed by atoms with van der Waals surface area (Å²) in [5, 5.41) is 4.90. The Morgan fingerprint density at radius 1 is 1.06 bits per heavy atom. The summed E-state index contributed by atoms with van der Waals surface area (Å²) in [7, 11) is 1.63. The zero-order valence-corrected chi connectivity index (χ0v) is 19.3. The normalized spacial score (nSPS) is 11.7. The minimum Gasteiger partial charge on any atom is -0.496 e. The summed E-state index contributed by atoms with van der Waals surface area (Å²) in [6.45, 7) is 3.88. The van der Waals surface area contributed by atoms with Crippen LogP contribution < -0.4 is 10.1 Å².